The van der Waals surface area contributed by atoms with Crippen LogP contribution < -0.4 is 15.5 Å². The number of nitrogens with zero attached hydrogens (tertiary/aromatic N) is 1. The van der Waals surface area contributed by atoms with Crippen molar-refractivity contribution in [2.75, 3.05) is 31.1 Å². The molecule has 1 aromatic carbocycles. The predicted octanol–water partition coefficient (Wildman–Crippen LogP) is 1.60. The quantitative estimate of drug-likeness (QED) is 0.750. The van der Waals surface area contributed by atoms with Crippen LogP contribution >= 0.6 is 0 Å². The standard InChI is InChI=1S/C17H24FN3O2/c1-3-6-19-7-8-20-17(23)13-10-16(22)21(11-13)15-5-4-12(2)9-14(15)18/h4-5,9,13,19H,3,6-8,10-11H2,1-2H3,(H,20,23). The van der Waals surface area contributed by atoms with Crippen molar-refractivity contribution in [1.82, 2.24) is 10.6 Å². The Morgan fingerprint density at radius 1 is 1.35 bits per heavy atom. The van der Waals surface area contributed by atoms with Crippen molar-refractivity contribution in [3.8, 4) is 0 Å². The number of aryl methyl sites for hydroxylation is 1. The highest BCUT2D eigenvalue weighted by atomic mass is 19.1. The molecule has 2 N–H and O–H groups in total. The number of nitrogens with one attached hydrogen (secondary N) is 2. The summed E-state index contributed by atoms with van der Waals surface area (Å²) in [5.41, 5.74) is 1.05. The fourth-order valence-electron chi connectivity index (χ4n) is 2.67. The number of benzene rings is 1. The van der Waals surface area contributed by atoms with E-state index < -0.39 is 11.7 Å². The molecule has 0 aliphatic carbocycles. The third-order valence-electron chi connectivity index (χ3n) is 3.92. The summed E-state index contributed by atoms with van der Waals surface area (Å²) in [6.45, 7) is 6.25. The van der Waals surface area contributed by atoms with Crippen LogP contribution in [-0.2, 0) is 9.59 Å². The molecular formula is C17H24FN3O2. The van der Waals surface area contributed by atoms with Crippen molar-refractivity contribution in [1.29, 1.82) is 0 Å². The minimum Gasteiger partial charge on any atom is -0.355 e. The maximum Gasteiger partial charge on any atom is 0.227 e. The molecule has 0 saturated carbocycles. The van der Waals surface area contributed by atoms with Crippen molar-refractivity contribution in [3.05, 3.63) is 29.6 Å². The fourth-order valence-corrected chi connectivity index (χ4v) is 2.67. The average Bonchev–Trinajstić information content (AvgIpc) is 2.89. The molecule has 1 unspecified atom stereocenters. The largest absolute Gasteiger partial charge is 0.355 e. The summed E-state index contributed by atoms with van der Waals surface area (Å²) in [6.07, 6.45) is 1.17. The van der Waals surface area contributed by atoms with Crippen LogP contribution in [0.25, 0.3) is 0 Å². The first-order valence-corrected chi connectivity index (χ1v) is 8.08. The van der Waals surface area contributed by atoms with E-state index in [2.05, 4.69) is 17.6 Å². The SMILES string of the molecule is CCCNCCNC(=O)C1CC(=O)N(c2ccc(C)cc2F)C1. The number of hydrogen-bond donors (Lipinski definition) is 2. The molecule has 1 aliphatic rings. The van der Waals surface area contributed by atoms with Gasteiger partial charge in [0.05, 0.1) is 11.6 Å². The van der Waals surface area contributed by atoms with Gasteiger partial charge in [0.25, 0.3) is 0 Å². The number of carbonyl (C=O) groups is 2. The van der Waals surface area contributed by atoms with E-state index in [0.717, 1.165) is 18.5 Å². The van der Waals surface area contributed by atoms with Gasteiger partial charge in [0.1, 0.15) is 5.82 Å². The molecule has 0 radical (unpaired) electrons. The van der Waals surface area contributed by atoms with Gasteiger partial charge in [-0.1, -0.05) is 13.0 Å². The topological polar surface area (TPSA) is 61.4 Å². The summed E-state index contributed by atoms with van der Waals surface area (Å²) in [7, 11) is 0. The molecule has 2 amide bonds. The fraction of sp³-hybridized carbons (Fsp3) is 0.529. The zero-order valence-corrected chi connectivity index (χ0v) is 13.7. The van der Waals surface area contributed by atoms with Crippen LogP contribution in [0.3, 0.4) is 0 Å². The van der Waals surface area contributed by atoms with Crippen LogP contribution in [0.1, 0.15) is 25.3 Å². The Balaban J connectivity index is 1.90. The van der Waals surface area contributed by atoms with E-state index in [-0.39, 0.29) is 30.5 Å². The van der Waals surface area contributed by atoms with Gasteiger partial charge < -0.3 is 15.5 Å². The molecule has 0 aromatic heterocycles. The van der Waals surface area contributed by atoms with E-state index in [1.807, 2.05) is 0 Å². The van der Waals surface area contributed by atoms with Gasteiger partial charge in [-0.15, -0.1) is 0 Å². The Bertz CT molecular complexity index is 577. The Morgan fingerprint density at radius 3 is 2.83 bits per heavy atom. The minimum atomic E-state index is -0.428. The first-order valence-electron chi connectivity index (χ1n) is 8.08. The summed E-state index contributed by atoms with van der Waals surface area (Å²) >= 11 is 0. The summed E-state index contributed by atoms with van der Waals surface area (Å²) in [5.74, 6) is -1.21. The van der Waals surface area contributed by atoms with Crippen molar-refractivity contribution in [3.63, 3.8) is 0 Å². The molecule has 23 heavy (non-hydrogen) atoms. The van der Waals surface area contributed by atoms with Crippen LogP contribution in [-0.4, -0.2) is 38.0 Å². The van der Waals surface area contributed by atoms with Gasteiger partial charge in [0.2, 0.25) is 11.8 Å². The first kappa shape index (κ1) is 17.4. The van der Waals surface area contributed by atoms with Gasteiger partial charge in [-0.3, -0.25) is 9.59 Å². The Kier molecular flexibility index (Phi) is 6.10. The van der Waals surface area contributed by atoms with Crippen molar-refractivity contribution in [2.24, 2.45) is 5.92 Å². The van der Waals surface area contributed by atoms with E-state index in [1.54, 1.807) is 19.1 Å². The van der Waals surface area contributed by atoms with Crippen molar-refractivity contribution < 1.29 is 14.0 Å². The summed E-state index contributed by atoms with van der Waals surface area (Å²) < 4.78 is 14.0. The molecule has 0 spiro atoms. The summed E-state index contributed by atoms with van der Waals surface area (Å²) in [6, 6.07) is 4.76. The number of amides is 2. The lowest BCUT2D eigenvalue weighted by Gasteiger charge is -2.17. The third-order valence-corrected chi connectivity index (χ3v) is 3.92. The molecule has 0 bridgehead atoms. The van der Waals surface area contributed by atoms with Crippen LogP contribution in [0.2, 0.25) is 0 Å². The Hall–Kier alpha value is -1.95. The van der Waals surface area contributed by atoms with E-state index in [0.29, 0.717) is 13.1 Å². The van der Waals surface area contributed by atoms with Crippen molar-refractivity contribution in [2.45, 2.75) is 26.7 Å². The van der Waals surface area contributed by atoms with Gasteiger partial charge in [-0.2, -0.15) is 0 Å². The number of hydrogen-bond acceptors (Lipinski definition) is 3. The van der Waals surface area contributed by atoms with Crippen LogP contribution in [0.5, 0.6) is 0 Å². The molecule has 2 rings (SSSR count). The molecule has 5 nitrogen and oxygen atoms in total. The molecular weight excluding hydrogens is 297 g/mol. The molecule has 6 heteroatoms. The monoisotopic (exact) mass is 321 g/mol. The van der Waals surface area contributed by atoms with Gasteiger partial charge in [0, 0.05) is 26.1 Å². The second-order valence-electron chi connectivity index (χ2n) is 5.90. The van der Waals surface area contributed by atoms with Gasteiger partial charge in [-0.25, -0.2) is 4.39 Å². The highest BCUT2D eigenvalue weighted by Crippen LogP contribution is 2.28. The smallest absolute Gasteiger partial charge is 0.227 e. The van der Waals surface area contributed by atoms with E-state index in [9.17, 15) is 14.0 Å². The van der Waals surface area contributed by atoms with E-state index >= 15 is 0 Å². The average molecular weight is 321 g/mol. The lowest BCUT2D eigenvalue weighted by molar-refractivity contribution is -0.126. The Labute approximate surface area is 136 Å². The summed E-state index contributed by atoms with van der Waals surface area (Å²) in [5, 5.41) is 6.02. The zero-order valence-electron chi connectivity index (χ0n) is 13.7. The molecule has 126 valence electrons. The van der Waals surface area contributed by atoms with Gasteiger partial charge in [-0.05, 0) is 37.6 Å². The van der Waals surface area contributed by atoms with Crippen LogP contribution in [0, 0.1) is 18.7 Å². The molecule has 1 aliphatic heterocycles. The molecule has 1 atom stereocenters. The van der Waals surface area contributed by atoms with Crippen molar-refractivity contribution >= 4 is 17.5 Å². The highest BCUT2D eigenvalue weighted by molar-refractivity contribution is 6.00. The second kappa shape index (κ2) is 8.06. The van der Waals surface area contributed by atoms with Gasteiger partial charge in [0.15, 0.2) is 0 Å². The number of anilines is 1. The molecule has 1 saturated heterocycles. The van der Waals surface area contributed by atoms with Crippen LogP contribution in [0.15, 0.2) is 18.2 Å². The second-order valence-corrected chi connectivity index (χ2v) is 5.90. The van der Waals surface area contributed by atoms with Crippen LogP contribution in [0.4, 0.5) is 10.1 Å². The molecule has 1 heterocycles. The maximum atomic E-state index is 14.0. The lowest BCUT2D eigenvalue weighted by Crippen LogP contribution is -2.37. The number of halogens is 1. The summed E-state index contributed by atoms with van der Waals surface area (Å²) in [4.78, 5) is 25.6. The molecule has 1 aromatic rings. The molecule has 1 fully saturated rings. The third kappa shape index (κ3) is 4.51. The minimum absolute atomic E-state index is 0.127. The number of rotatable bonds is 7. The van der Waals surface area contributed by atoms with Gasteiger partial charge >= 0.3 is 0 Å². The lowest BCUT2D eigenvalue weighted by atomic mass is 10.1. The first-order chi connectivity index (χ1) is 11.0. The van der Waals surface area contributed by atoms with E-state index in [4.69, 9.17) is 0 Å². The zero-order chi connectivity index (χ0) is 16.8. The van der Waals surface area contributed by atoms with E-state index in [1.165, 1.54) is 11.0 Å². The Morgan fingerprint density at radius 2 is 2.13 bits per heavy atom. The normalized spacial score (nSPS) is 17.6. The highest BCUT2D eigenvalue weighted by Gasteiger charge is 2.35. The predicted molar refractivity (Wildman–Crippen MR) is 87.8 cm³/mol. The maximum absolute atomic E-state index is 14.0. The number of carbonyl (C=O) groups excluding carboxylic acids is 2.